The normalized spacial score (nSPS) is 15.0. The maximum absolute atomic E-state index is 8.90. The Balaban J connectivity index is 1.98. The minimum absolute atomic E-state index is 0.0124. The Morgan fingerprint density at radius 1 is 1.33 bits per heavy atom. The molecule has 1 aliphatic heterocycles. The molecule has 7 heteroatoms. The van der Waals surface area contributed by atoms with Crippen LogP contribution >= 0.6 is 0 Å². The van der Waals surface area contributed by atoms with Crippen LogP contribution in [-0.4, -0.2) is 34.4 Å². The van der Waals surface area contributed by atoms with Crippen molar-refractivity contribution in [1.29, 1.82) is 0 Å². The molecule has 0 bridgehead atoms. The number of hydrogen-bond acceptors (Lipinski definition) is 6. The van der Waals surface area contributed by atoms with Crippen LogP contribution in [0.25, 0.3) is 0 Å². The summed E-state index contributed by atoms with van der Waals surface area (Å²) in [7, 11) is 0. The Labute approximate surface area is 121 Å². The van der Waals surface area contributed by atoms with E-state index >= 15 is 0 Å². The predicted molar refractivity (Wildman–Crippen MR) is 77.5 cm³/mol. The molecule has 1 aliphatic rings. The zero-order valence-corrected chi connectivity index (χ0v) is 11.3. The van der Waals surface area contributed by atoms with E-state index in [1.807, 2.05) is 29.2 Å². The van der Waals surface area contributed by atoms with E-state index in [4.69, 9.17) is 15.7 Å². The van der Waals surface area contributed by atoms with Gasteiger partial charge < -0.3 is 20.6 Å². The lowest BCUT2D eigenvalue weighted by atomic mass is 10.1. The molecule has 7 nitrogen and oxygen atoms in total. The zero-order chi connectivity index (χ0) is 14.7. The third-order valence-electron chi connectivity index (χ3n) is 3.34. The molecule has 0 radical (unpaired) electrons. The highest BCUT2D eigenvalue weighted by atomic mass is 16.5. The summed E-state index contributed by atoms with van der Waals surface area (Å²) >= 11 is 0. The summed E-state index contributed by atoms with van der Waals surface area (Å²) in [5, 5.41) is 20.0. The van der Waals surface area contributed by atoms with Gasteiger partial charge in [-0.05, 0) is 12.1 Å². The van der Waals surface area contributed by atoms with Gasteiger partial charge in [-0.2, -0.15) is 5.10 Å². The van der Waals surface area contributed by atoms with Crippen LogP contribution in [-0.2, 0) is 6.54 Å². The van der Waals surface area contributed by atoms with Gasteiger partial charge in [0.25, 0.3) is 0 Å². The molecule has 3 rings (SSSR count). The first kappa shape index (κ1) is 13.2. The van der Waals surface area contributed by atoms with Crippen molar-refractivity contribution < 1.29 is 9.94 Å². The molecule has 0 saturated heterocycles. The Bertz CT molecular complexity index is 674. The van der Waals surface area contributed by atoms with Crippen LogP contribution in [0.3, 0.4) is 0 Å². The minimum atomic E-state index is 0.0124. The molecule has 21 heavy (non-hydrogen) atoms. The van der Waals surface area contributed by atoms with Crippen LogP contribution in [0, 0.1) is 0 Å². The molecule has 0 spiro atoms. The number of nitrogens with zero attached hydrogens (tertiary/aromatic N) is 4. The fourth-order valence-corrected chi connectivity index (χ4v) is 2.32. The second kappa shape index (κ2) is 5.66. The molecule has 2 aromatic rings. The van der Waals surface area contributed by atoms with Gasteiger partial charge in [0.2, 0.25) is 0 Å². The number of amidine groups is 1. The van der Waals surface area contributed by atoms with E-state index < -0.39 is 0 Å². The highest BCUT2D eigenvalue weighted by Crippen LogP contribution is 2.26. The number of nitrogens with two attached hydrogens (primary N) is 1. The SMILES string of the molecule is N/C(=N/O)c1ccnnc1N1CCOc2ccccc2C1. The number of anilines is 1. The second-order valence-corrected chi connectivity index (χ2v) is 4.63. The number of ether oxygens (including phenoxy) is 1. The number of hydrogen-bond donors (Lipinski definition) is 2. The van der Waals surface area contributed by atoms with Gasteiger partial charge in [0.1, 0.15) is 12.4 Å². The molecule has 0 unspecified atom stereocenters. The van der Waals surface area contributed by atoms with Crippen LogP contribution in [0.5, 0.6) is 5.75 Å². The van der Waals surface area contributed by atoms with Gasteiger partial charge in [-0.3, -0.25) is 0 Å². The number of aromatic nitrogens is 2. The topological polar surface area (TPSA) is 96.9 Å². The number of rotatable bonds is 2. The number of benzene rings is 1. The maximum atomic E-state index is 8.90. The van der Waals surface area contributed by atoms with E-state index in [2.05, 4.69) is 15.4 Å². The number of para-hydroxylation sites is 1. The zero-order valence-electron chi connectivity index (χ0n) is 11.3. The van der Waals surface area contributed by atoms with Crippen molar-refractivity contribution in [3.8, 4) is 5.75 Å². The Hall–Kier alpha value is -2.83. The highest BCUT2D eigenvalue weighted by molar-refractivity contribution is 6.01. The lowest BCUT2D eigenvalue weighted by Gasteiger charge is -2.22. The third-order valence-corrected chi connectivity index (χ3v) is 3.34. The first-order chi connectivity index (χ1) is 10.3. The van der Waals surface area contributed by atoms with Crippen molar-refractivity contribution >= 4 is 11.7 Å². The van der Waals surface area contributed by atoms with Gasteiger partial charge in [0, 0.05) is 12.1 Å². The molecule has 2 heterocycles. The van der Waals surface area contributed by atoms with E-state index in [0.717, 1.165) is 11.3 Å². The molecule has 0 saturated carbocycles. The monoisotopic (exact) mass is 285 g/mol. The predicted octanol–water partition coefficient (Wildman–Crippen LogP) is 0.970. The summed E-state index contributed by atoms with van der Waals surface area (Å²) in [6.07, 6.45) is 1.51. The summed E-state index contributed by atoms with van der Waals surface area (Å²) in [5.74, 6) is 1.46. The molecule has 1 aromatic carbocycles. The van der Waals surface area contributed by atoms with Crippen LogP contribution in [0.1, 0.15) is 11.1 Å². The quantitative estimate of drug-likeness (QED) is 0.369. The van der Waals surface area contributed by atoms with Crippen LogP contribution in [0.4, 0.5) is 5.82 Å². The fraction of sp³-hybridized carbons (Fsp3) is 0.214. The summed E-state index contributed by atoms with van der Waals surface area (Å²) in [5.41, 5.74) is 7.32. The van der Waals surface area contributed by atoms with Crippen LogP contribution in [0.15, 0.2) is 41.7 Å². The van der Waals surface area contributed by atoms with Gasteiger partial charge in [0.05, 0.1) is 18.3 Å². The minimum Gasteiger partial charge on any atom is -0.491 e. The van der Waals surface area contributed by atoms with Crippen LogP contribution < -0.4 is 15.4 Å². The highest BCUT2D eigenvalue weighted by Gasteiger charge is 2.20. The van der Waals surface area contributed by atoms with Crippen molar-refractivity contribution in [2.24, 2.45) is 10.9 Å². The number of oxime groups is 1. The molecule has 0 aliphatic carbocycles. The fourth-order valence-electron chi connectivity index (χ4n) is 2.32. The van der Waals surface area contributed by atoms with Crippen molar-refractivity contribution in [2.75, 3.05) is 18.1 Å². The van der Waals surface area contributed by atoms with E-state index in [0.29, 0.717) is 31.1 Å². The van der Waals surface area contributed by atoms with E-state index in [1.165, 1.54) is 6.20 Å². The van der Waals surface area contributed by atoms with E-state index in [-0.39, 0.29) is 5.84 Å². The lowest BCUT2D eigenvalue weighted by molar-refractivity contribution is 0.318. The third kappa shape index (κ3) is 2.58. The summed E-state index contributed by atoms with van der Waals surface area (Å²) < 4.78 is 5.73. The smallest absolute Gasteiger partial charge is 0.173 e. The molecule has 108 valence electrons. The first-order valence-electron chi connectivity index (χ1n) is 6.55. The largest absolute Gasteiger partial charge is 0.491 e. The molecule has 0 fully saturated rings. The van der Waals surface area contributed by atoms with Crippen molar-refractivity contribution in [3.63, 3.8) is 0 Å². The molecule has 1 aromatic heterocycles. The lowest BCUT2D eigenvalue weighted by Crippen LogP contribution is -2.29. The Morgan fingerprint density at radius 3 is 3.05 bits per heavy atom. The molecular weight excluding hydrogens is 270 g/mol. The van der Waals surface area contributed by atoms with E-state index in [9.17, 15) is 0 Å². The standard InChI is InChI=1S/C14H15N5O2/c15-13(18-20)11-5-6-16-17-14(11)19-7-8-21-12-4-2-1-3-10(12)9-19/h1-6,20H,7-9H2,(H2,15,18). The number of fused-ring (bicyclic) bond motifs is 1. The van der Waals surface area contributed by atoms with Crippen molar-refractivity contribution in [2.45, 2.75) is 6.54 Å². The van der Waals surface area contributed by atoms with Crippen molar-refractivity contribution in [3.05, 3.63) is 47.7 Å². The molecular formula is C14H15N5O2. The molecule has 0 atom stereocenters. The summed E-state index contributed by atoms with van der Waals surface area (Å²) in [4.78, 5) is 2.01. The van der Waals surface area contributed by atoms with Gasteiger partial charge in [0.15, 0.2) is 11.7 Å². The average Bonchev–Trinajstić information content (AvgIpc) is 2.76. The average molecular weight is 285 g/mol. The van der Waals surface area contributed by atoms with Gasteiger partial charge in [-0.15, -0.1) is 5.10 Å². The van der Waals surface area contributed by atoms with Gasteiger partial charge in [-0.1, -0.05) is 23.4 Å². The molecule has 0 amide bonds. The summed E-state index contributed by atoms with van der Waals surface area (Å²) in [6.45, 7) is 1.79. The van der Waals surface area contributed by atoms with Gasteiger partial charge in [-0.25, -0.2) is 0 Å². The first-order valence-corrected chi connectivity index (χ1v) is 6.55. The maximum Gasteiger partial charge on any atom is 0.173 e. The molecule has 3 N–H and O–H groups in total. The Morgan fingerprint density at radius 2 is 2.19 bits per heavy atom. The van der Waals surface area contributed by atoms with Crippen LogP contribution in [0.2, 0.25) is 0 Å². The van der Waals surface area contributed by atoms with Crippen molar-refractivity contribution in [1.82, 2.24) is 10.2 Å². The van der Waals surface area contributed by atoms with E-state index in [1.54, 1.807) is 6.07 Å². The summed E-state index contributed by atoms with van der Waals surface area (Å²) in [6, 6.07) is 9.54. The second-order valence-electron chi connectivity index (χ2n) is 4.63. The van der Waals surface area contributed by atoms with Gasteiger partial charge >= 0.3 is 0 Å². The Kier molecular flexibility index (Phi) is 3.55.